The number of aliphatic hydroxyl groups is 1. The van der Waals surface area contributed by atoms with Gasteiger partial charge in [0.05, 0.1) is 17.4 Å². The topological polar surface area (TPSA) is 177 Å². The van der Waals surface area contributed by atoms with Crippen LogP contribution in [0.3, 0.4) is 0 Å². The van der Waals surface area contributed by atoms with Gasteiger partial charge < -0.3 is 30.8 Å². The number of nitro benzene ring substituents is 1. The Labute approximate surface area is 206 Å². The van der Waals surface area contributed by atoms with Gasteiger partial charge in [-0.05, 0) is 50.5 Å². The van der Waals surface area contributed by atoms with Gasteiger partial charge in [0.15, 0.2) is 0 Å². The summed E-state index contributed by atoms with van der Waals surface area (Å²) in [5, 5.41) is 30.1. The van der Waals surface area contributed by atoms with Crippen molar-refractivity contribution in [3.8, 4) is 0 Å². The van der Waals surface area contributed by atoms with E-state index in [1.165, 1.54) is 24.3 Å². The standard InChI is InChI=1S/C21H39N5O7P2/c27-13-6-20-14-23-9-8-22-7-1-11-25(12-10-24-15-20)17-35(32,33)18-34(30,31)16-19-2-4-21(5-3-19)26(28)29/h2-5,20,22-24,27H,1,6-18H2,(H,30,31)(H,32,33). The zero-order valence-corrected chi connectivity index (χ0v) is 21.8. The molecule has 6 N–H and O–H groups in total. The zero-order chi connectivity index (χ0) is 25.7. The summed E-state index contributed by atoms with van der Waals surface area (Å²) in [6, 6.07) is 5.28. The minimum Gasteiger partial charge on any atom is -0.396 e. The molecule has 0 radical (unpaired) electrons. The van der Waals surface area contributed by atoms with Crippen LogP contribution in [0.2, 0.25) is 0 Å². The quantitative estimate of drug-likeness (QED) is 0.151. The van der Waals surface area contributed by atoms with Crippen molar-refractivity contribution in [3.63, 3.8) is 0 Å². The number of hydrogen-bond donors (Lipinski definition) is 6. The van der Waals surface area contributed by atoms with E-state index in [0.29, 0.717) is 38.2 Å². The molecule has 12 nitrogen and oxygen atoms in total. The molecule has 0 spiro atoms. The van der Waals surface area contributed by atoms with E-state index < -0.39 is 25.6 Å². The number of non-ortho nitro benzene ring substituents is 1. The summed E-state index contributed by atoms with van der Waals surface area (Å²) >= 11 is 0. The van der Waals surface area contributed by atoms with Gasteiger partial charge in [-0.15, -0.1) is 0 Å². The molecule has 2 rings (SSSR count). The van der Waals surface area contributed by atoms with Crippen LogP contribution in [0.5, 0.6) is 0 Å². The maximum absolute atomic E-state index is 13.0. The van der Waals surface area contributed by atoms with Crippen molar-refractivity contribution >= 4 is 20.4 Å². The molecule has 0 aliphatic carbocycles. The van der Waals surface area contributed by atoms with Crippen LogP contribution in [0.15, 0.2) is 24.3 Å². The van der Waals surface area contributed by atoms with E-state index in [-0.39, 0.29) is 30.7 Å². The molecule has 1 heterocycles. The zero-order valence-electron chi connectivity index (χ0n) is 20.0. The Kier molecular flexibility index (Phi) is 13.0. The molecule has 1 aliphatic rings. The Morgan fingerprint density at radius 1 is 0.971 bits per heavy atom. The number of aliphatic hydroxyl groups excluding tert-OH is 1. The maximum atomic E-state index is 13.0. The van der Waals surface area contributed by atoms with Crippen LogP contribution in [-0.2, 0) is 15.3 Å². The van der Waals surface area contributed by atoms with Crippen LogP contribution in [-0.4, -0.2) is 95.9 Å². The summed E-state index contributed by atoms with van der Waals surface area (Å²) in [6.07, 6.45) is 0.957. The molecule has 14 heteroatoms. The first-order valence-corrected chi connectivity index (χ1v) is 16.0. The van der Waals surface area contributed by atoms with Gasteiger partial charge in [0.25, 0.3) is 5.69 Å². The molecular weight excluding hydrogens is 496 g/mol. The van der Waals surface area contributed by atoms with Crippen LogP contribution >= 0.6 is 14.7 Å². The van der Waals surface area contributed by atoms with Crippen molar-refractivity contribution < 1.29 is 28.9 Å². The van der Waals surface area contributed by atoms with Crippen LogP contribution in [0.4, 0.5) is 5.69 Å². The fraction of sp³-hybridized carbons (Fsp3) is 0.714. The molecule has 3 atom stereocenters. The lowest BCUT2D eigenvalue weighted by atomic mass is 10.1. The molecular formula is C21H39N5O7P2. The molecule has 0 amide bonds. The fourth-order valence-electron chi connectivity index (χ4n) is 4.05. The van der Waals surface area contributed by atoms with Gasteiger partial charge in [-0.1, -0.05) is 12.1 Å². The summed E-state index contributed by atoms with van der Waals surface area (Å²) in [7, 11) is -7.93. The Morgan fingerprint density at radius 3 is 2.29 bits per heavy atom. The third-order valence-corrected chi connectivity index (χ3v) is 11.0. The van der Waals surface area contributed by atoms with Crippen molar-refractivity contribution in [3.05, 3.63) is 39.9 Å². The van der Waals surface area contributed by atoms with E-state index in [1.807, 2.05) is 4.90 Å². The van der Waals surface area contributed by atoms with Gasteiger partial charge in [0, 0.05) is 44.9 Å². The fourth-order valence-corrected chi connectivity index (χ4v) is 9.26. The molecule has 0 bridgehead atoms. The van der Waals surface area contributed by atoms with Gasteiger partial charge >= 0.3 is 0 Å². The minimum absolute atomic E-state index is 0.118. The second-order valence-electron chi connectivity index (χ2n) is 9.07. The largest absolute Gasteiger partial charge is 0.396 e. The Hall–Kier alpha value is -1.20. The minimum atomic E-state index is -3.98. The summed E-state index contributed by atoms with van der Waals surface area (Å²) in [5.74, 6) is -0.427. The summed E-state index contributed by atoms with van der Waals surface area (Å²) in [6.45, 7) is 5.68. The van der Waals surface area contributed by atoms with E-state index >= 15 is 0 Å². The Bertz CT molecular complexity index is 874. The van der Waals surface area contributed by atoms with Crippen LogP contribution in [0, 0.1) is 16.0 Å². The normalized spacial score (nSPS) is 23.0. The van der Waals surface area contributed by atoms with Crippen LogP contribution in [0.25, 0.3) is 0 Å². The van der Waals surface area contributed by atoms with E-state index in [1.54, 1.807) is 0 Å². The molecule has 200 valence electrons. The molecule has 1 aromatic rings. The molecule has 1 aliphatic heterocycles. The van der Waals surface area contributed by atoms with Gasteiger partial charge in [-0.2, -0.15) is 0 Å². The third kappa shape index (κ3) is 12.5. The maximum Gasteiger partial charge on any atom is 0.269 e. The predicted octanol–water partition coefficient (Wildman–Crippen LogP) is 1.02. The first-order chi connectivity index (χ1) is 16.6. The predicted molar refractivity (Wildman–Crippen MR) is 136 cm³/mol. The van der Waals surface area contributed by atoms with Gasteiger partial charge in [0.1, 0.15) is 5.90 Å². The number of hydrogen-bond acceptors (Lipinski definition) is 9. The van der Waals surface area contributed by atoms with Crippen LogP contribution in [0.1, 0.15) is 18.4 Å². The molecule has 1 aromatic carbocycles. The first-order valence-electron chi connectivity index (χ1n) is 11.9. The highest BCUT2D eigenvalue weighted by Crippen LogP contribution is 2.58. The molecule has 0 saturated carbocycles. The summed E-state index contributed by atoms with van der Waals surface area (Å²) in [4.78, 5) is 33.1. The molecule has 35 heavy (non-hydrogen) atoms. The number of nitro groups is 1. The highest BCUT2D eigenvalue weighted by atomic mass is 31.2. The third-order valence-electron chi connectivity index (χ3n) is 5.75. The monoisotopic (exact) mass is 535 g/mol. The Morgan fingerprint density at radius 2 is 1.63 bits per heavy atom. The van der Waals surface area contributed by atoms with Gasteiger partial charge in [-0.25, -0.2) is 0 Å². The number of benzene rings is 1. The van der Waals surface area contributed by atoms with Crippen molar-refractivity contribution in [2.24, 2.45) is 5.92 Å². The van der Waals surface area contributed by atoms with Gasteiger partial charge in [0.2, 0.25) is 14.7 Å². The average molecular weight is 536 g/mol. The van der Waals surface area contributed by atoms with E-state index in [9.17, 15) is 34.1 Å². The second-order valence-corrected chi connectivity index (χ2v) is 14.2. The van der Waals surface area contributed by atoms with E-state index in [2.05, 4.69) is 16.0 Å². The van der Waals surface area contributed by atoms with Crippen LogP contribution < -0.4 is 16.0 Å². The molecule has 1 saturated heterocycles. The Balaban J connectivity index is 1.94. The SMILES string of the molecule is O=[N+]([O-])c1ccc(CP(=O)(O)CP(=O)(O)CN2CCCNCCNCC(CCO)CNCC2)cc1. The number of rotatable bonds is 9. The highest BCUT2D eigenvalue weighted by Gasteiger charge is 2.33. The number of nitrogens with one attached hydrogen (secondary N) is 3. The van der Waals surface area contributed by atoms with Crippen molar-refractivity contribution in [1.82, 2.24) is 20.9 Å². The average Bonchev–Trinajstić information content (AvgIpc) is 2.76. The lowest BCUT2D eigenvalue weighted by molar-refractivity contribution is -0.384. The molecule has 0 aromatic heterocycles. The smallest absolute Gasteiger partial charge is 0.269 e. The lowest BCUT2D eigenvalue weighted by Crippen LogP contribution is -2.40. The van der Waals surface area contributed by atoms with Crippen molar-refractivity contribution in [2.75, 3.05) is 71.2 Å². The summed E-state index contributed by atoms with van der Waals surface area (Å²) < 4.78 is 25.7. The lowest BCUT2D eigenvalue weighted by Gasteiger charge is -2.27. The second kappa shape index (κ2) is 15.1. The highest BCUT2D eigenvalue weighted by molar-refractivity contribution is 7.74. The van der Waals surface area contributed by atoms with Crippen molar-refractivity contribution in [2.45, 2.75) is 19.0 Å². The molecule has 1 fully saturated rings. The first kappa shape index (κ1) is 30.0. The summed E-state index contributed by atoms with van der Waals surface area (Å²) in [5.41, 5.74) is 0.278. The number of nitrogens with zero attached hydrogens (tertiary/aromatic N) is 2. The van der Waals surface area contributed by atoms with E-state index in [4.69, 9.17) is 0 Å². The van der Waals surface area contributed by atoms with Crippen molar-refractivity contribution in [1.29, 1.82) is 0 Å². The van der Waals surface area contributed by atoms with Gasteiger partial charge in [-0.3, -0.25) is 24.1 Å². The van der Waals surface area contributed by atoms with E-state index in [0.717, 1.165) is 32.6 Å². The molecule has 3 unspecified atom stereocenters.